The van der Waals surface area contributed by atoms with Gasteiger partial charge in [0.1, 0.15) is 0 Å². The van der Waals surface area contributed by atoms with Crippen molar-refractivity contribution in [2.45, 2.75) is 72.4 Å². The molecule has 0 aromatic heterocycles. The zero-order valence-electron chi connectivity index (χ0n) is 14.5. The Kier molecular flexibility index (Phi) is 6.49. The molecule has 0 radical (unpaired) electrons. The van der Waals surface area contributed by atoms with Crippen LogP contribution < -0.4 is 5.32 Å². The zero-order chi connectivity index (χ0) is 15.4. The van der Waals surface area contributed by atoms with E-state index >= 15 is 0 Å². The number of rotatable bonds is 6. The van der Waals surface area contributed by atoms with E-state index in [2.05, 4.69) is 51.8 Å². The Balaban J connectivity index is 2.37. The Morgan fingerprint density at radius 3 is 2.10 bits per heavy atom. The number of hydrogen-bond donors (Lipinski definition) is 2. The van der Waals surface area contributed by atoms with Crippen molar-refractivity contribution < 1.29 is 5.11 Å². The SMILES string of the molecule is CC(C)NC(C)(CO)CCN1CCC(C(C)(C)C)CC1. The van der Waals surface area contributed by atoms with Gasteiger partial charge >= 0.3 is 0 Å². The van der Waals surface area contributed by atoms with Crippen LogP contribution in [-0.4, -0.2) is 47.8 Å². The number of aliphatic hydroxyl groups excluding tert-OH is 1. The largest absolute Gasteiger partial charge is 0.394 e. The highest BCUT2D eigenvalue weighted by Gasteiger charge is 2.30. The molecule has 1 atom stereocenters. The molecular formula is C17H36N2O. The number of likely N-dealkylation sites (tertiary alicyclic amines) is 1. The number of aliphatic hydroxyl groups is 1. The van der Waals surface area contributed by atoms with Gasteiger partial charge in [0, 0.05) is 11.6 Å². The third kappa shape index (κ3) is 5.71. The summed E-state index contributed by atoms with van der Waals surface area (Å²) in [5.41, 5.74) is 0.305. The molecule has 0 saturated carbocycles. The summed E-state index contributed by atoms with van der Waals surface area (Å²) < 4.78 is 0. The molecule has 20 heavy (non-hydrogen) atoms. The first-order valence-corrected chi connectivity index (χ1v) is 8.27. The Labute approximate surface area is 126 Å². The molecule has 0 aliphatic carbocycles. The molecule has 120 valence electrons. The van der Waals surface area contributed by atoms with Gasteiger partial charge in [-0.2, -0.15) is 0 Å². The van der Waals surface area contributed by atoms with E-state index in [1.54, 1.807) is 0 Å². The number of piperidine rings is 1. The Morgan fingerprint density at radius 1 is 1.15 bits per heavy atom. The summed E-state index contributed by atoms with van der Waals surface area (Å²) in [5.74, 6) is 0.858. The quantitative estimate of drug-likeness (QED) is 0.787. The topological polar surface area (TPSA) is 35.5 Å². The normalized spacial score (nSPS) is 22.2. The number of nitrogens with zero attached hydrogens (tertiary/aromatic N) is 1. The highest BCUT2D eigenvalue weighted by molar-refractivity contribution is 4.87. The molecule has 2 N–H and O–H groups in total. The van der Waals surface area contributed by atoms with Crippen molar-refractivity contribution in [1.29, 1.82) is 0 Å². The third-order valence-electron chi connectivity index (χ3n) is 4.78. The van der Waals surface area contributed by atoms with E-state index in [-0.39, 0.29) is 12.1 Å². The summed E-state index contributed by atoms with van der Waals surface area (Å²) in [6.45, 7) is 17.2. The van der Waals surface area contributed by atoms with Crippen molar-refractivity contribution in [2.24, 2.45) is 11.3 Å². The Bertz CT molecular complexity index is 277. The fourth-order valence-electron chi connectivity index (χ4n) is 3.32. The minimum atomic E-state index is -0.144. The molecular weight excluding hydrogens is 248 g/mol. The van der Waals surface area contributed by atoms with E-state index in [1.165, 1.54) is 25.9 Å². The molecule has 0 aromatic carbocycles. The summed E-state index contributed by atoms with van der Waals surface area (Å²) >= 11 is 0. The summed E-state index contributed by atoms with van der Waals surface area (Å²) in [6, 6.07) is 0.416. The average molecular weight is 284 g/mol. The monoisotopic (exact) mass is 284 g/mol. The molecule has 1 rings (SSSR count). The smallest absolute Gasteiger partial charge is 0.0611 e. The van der Waals surface area contributed by atoms with Crippen molar-refractivity contribution in [2.75, 3.05) is 26.2 Å². The Morgan fingerprint density at radius 2 is 1.70 bits per heavy atom. The van der Waals surface area contributed by atoms with Crippen LogP contribution in [0.25, 0.3) is 0 Å². The summed E-state index contributed by atoms with van der Waals surface area (Å²) in [6.07, 6.45) is 3.65. The molecule has 0 aromatic rings. The standard InChI is InChI=1S/C17H36N2O/c1-14(2)18-17(6,13-20)9-12-19-10-7-15(8-11-19)16(3,4)5/h14-15,18,20H,7-13H2,1-6H3. The molecule has 0 spiro atoms. The minimum absolute atomic E-state index is 0.144. The lowest BCUT2D eigenvalue weighted by Gasteiger charge is -2.40. The maximum Gasteiger partial charge on any atom is 0.0611 e. The predicted molar refractivity (Wildman–Crippen MR) is 87.0 cm³/mol. The fraction of sp³-hybridized carbons (Fsp3) is 1.00. The molecule has 1 unspecified atom stereocenters. The number of hydrogen-bond acceptors (Lipinski definition) is 3. The van der Waals surface area contributed by atoms with Gasteiger partial charge in [0.2, 0.25) is 0 Å². The maximum atomic E-state index is 9.63. The second-order valence-electron chi connectivity index (χ2n) is 8.25. The van der Waals surface area contributed by atoms with E-state index in [0.717, 1.165) is 18.9 Å². The van der Waals surface area contributed by atoms with Crippen molar-refractivity contribution in [3.8, 4) is 0 Å². The first-order chi connectivity index (χ1) is 9.16. The highest BCUT2D eigenvalue weighted by atomic mass is 16.3. The lowest BCUT2D eigenvalue weighted by Crippen LogP contribution is -2.51. The van der Waals surface area contributed by atoms with Crippen molar-refractivity contribution in [1.82, 2.24) is 10.2 Å². The molecule has 0 bridgehead atoms. The summed E-state index contributed by atoms with van der Waals surface area (Å²) in [4.78, 5) is 2.57. The van der Waals surface area contributed by atoms with Crippen LogP contribution in [0.5, 0.6) is 0 Å². The van der Waals surface area contributed by atoms with Gasteiger partial charge in [-0.05, 0) is 57.2 Å². The second kappa shape index (κ2) is 7.24. The number of nitrogens with one attached hydrogen (secondary N) is 1. The zero-order valence-corrected chi connectivity index (χ0v) is 14.5. The molecule has 1 saturated heterocycles. The molecule has 3 nitrogen and oxygen atoms in total. The van der Waals surface area contributed by atoms with E-state index in [9.17, 15) is 5.11 Å². The molecule has 1 aliphatic rings. The van der Waals surface area contributed by atoms with Gasteiger partial charge in [0.05, 0.1) is 6.61 Å². The van der Waals surface area contributed by atoms with E-state index < -0.39 is 0 Å². The molecule has 1 aliphatic heterocycles. The summed E-state index contributed by atoms with van der Waals surface area (Å²) in [5, 5.41) is 13.1. The van der Waals surface area contributed by atoms with Crippen molar-refractivity contribution >= 4 is 0 Å². The van der Waals surface area contributed by atoms with Crippen LogP contribution in [0.15, 0.2) is 0 Å². The third-order valence-corrected chi connectivity index (χ3v) is 4.78. The first-order valence-electron chi connectivity index (χ1n) is 8.27. The van der Waals surface area contributed by atoms with Gasteiger partial charge in [-0.25, -0.2) is 0 Å². The molecule has 0 amide bonds. The van der Waals surface area contributed by atoms with Gasteiger partial charge in [-0.15, -0.1) is 0 Å². The second-order valence-corrected chi connectivity index (χ2v) is 8.25. The van der Waals surface area contributed by atoms with Crippen LogP contribution in [0, 0.1) is 11.3 Å². The van der Waals surface area contributed by atoms with Crippen LogP contribution in [0.4, 0.5) is 0 Å². The minimum Gasteiger partial charge on any atom is -0.394 e. The molecule has 1 heterocycles. The Hall–Kier alpha value is -0.120. The maximum absolute atomic E-state index is 9.63. The van der Waals surface area contributed by atoms with E-state index in [0.29, 0.717) is 11.5 Å². The highest BCUT2D eigenvalue weighted by Crippen LogP contribution is 2.34. The van der Waals surface area contributed by atoms with Crippen LogP contribution in [0.1, 0.15) is 60.8 Å². The average Bonchev–Trinajstić information content (AvgIpc) is 2.35. The van der Waals surface area contributed by atoms with Gasteiger partial charge in [-0.1, -0.05) is 34.6 Å². The van der Waals surface area contributed by atoms with Crippen molar-refractivity contribution in [3.63, 3.8) is 0 Å². The van der Waals surface area contributed by atoms with Crippen LogP contribution in [0.2, 0.25) is 0 Å². The van der Waals surface area contributed by atoms with E-state index in [1.807, 2.05) is 0 Å². The van der Waals surface area contributed by atoms with Gasteiger partial charge in [-0.3, -0.25) is 0 Å². The van der Waals surface area contributed by atoms with Gasteiger partial charge < -0.3 is 15.3 Å². The lowest BCUT2D eigenvalue weighted by atomic mass is 9.75. The van der Waals surface area contributed by atoms with Gasteiger partial charge in [0.15, 0.2) is 0 Å². The lowest BCUT2D eigenvalue weighted by molar-refractivity contribution is 0.0923. The van der Waals surface area contributed by atoms with Crippen LogP contribution in [0.3, 0.4) is 0 Å². The van der Waals surface area contributed by atoms with Crippen LogP contribution in [-0.2, 0) is 0 Å². The molecule has 3 heteroatoms. The predicted octanol–water partition coefficient (Wildman–Crippen LogP) is 2.88. The summed E-state index contributed by atoms with van der Waals surface area (Å²) in [7, 11) is 0. The molecule has 1 fully saturated rings. The first kappa shape index (κ1) is 17.9. The van der Waals surface area contributed by atoms with Crippen LogP contribution >= 0.6 is 0 Å². The van der Waals surface area contributed by atoms with E-state index in [4.69, 9.17) is 0 Å². The van der Waals surface area contributed by atoms with Gasteiger partial charge in [0.25, 0.3) is 0 Å². The fourth-order valence-corrected chi connectivity index (χ4v) is 3.32. The van der Waals surface area contributed by atoms with Crippen molar-refractivity contribution in [3.05, 3.63) is 0 Å².